The lowest BCUT2D eigenvalue weighted by Crippen LogP contribution is -2.30. The average Bonchev–Trinajstić information content (AvgIpc) is 3.44. The van der Waals surface area contributed by atoms with Crippen molar-refractivity contribution >= 4 is 22.6 Å². The number of hydrogen-bond donors (Lipinski definition) is 1. The zero-order valence-electron chi connectivity index (χ0n) is 19.4. The summed E-state index contributed by atoms with van der Waals surface area (Å²) in [7, 11) is 1.53. The summed E-state index contributed by atoms with van der Waals surface area (Å²) in [6.07, 6.45) is 2.76. The van der Waals surface area contributed by atoms with Crippen LogP contribution in [0.25, 0.3) is 22.2 Å². The molecule has 0 spiro atoms. The van der Waals surface area contributed by atoms with Gasteiger partial charge in [0.2, 0.25) is 5.91 Å². The average molecular weight is 482 g/mol. The van der Waals surface area contributed by atoms with Crippen molar-refractivity contribution in [3.8, 4) is 17.3 Å². The molecule has 1 aliphatic carbocycles. The highest BCUT2D eigenvalue weighted by Gasteiger charge is 2.39. The molecule has 35 heavy (non-hydrogen) atoms. The van der Waals surface area contributed by atoms with Gasteiger partial charge >= 0.3 is 0 Å². The normalized spacial score (nSPS) is 23.9. The summed E-state index contributed by atoms with van der Waals surface area (Å²) < 4.78 is 41.2. The van der Waals surface area contributed by atoms with Crippen LogP contribution in [0.15, 0.2) is 30.6 Å². The van der Waals surface area contributed by atoms with Crippen LogP contribution >= 0.6 is 0 Å². The van der Waals surface area contributed by atoms with Gasteiger partial charge in [-0.1, -0.05) is 0 Å². The number of carbonyl (C=O) groups excluding carboxylic acids is 1. The van der Waals surface area contributed by atoms with Gasteiger partial charge in [-0.25, -0.2) is 18.7 Å². The minimum Gasteiger partial charge on any atom is -0.378 e. The van der Waals surface area contributed by atoms with E-state index < -0.39 is 12.0 Å². The van der Waals surface area contributed by atoms with Crippen LogP contribution in [0.1, 0.15) is 49.9 Å². The number of nitrogens with zero attached hydrogens (tertiary/aromatic N) is 4. The van der Waals surface area contributed by atoms with Gasteiger partial charge in [0.1, 0.15) is 11.4 Å². The Kier molecular flexibility index (Phi) is 5.99. The van der Waals surface area contributed by atoms with Gasteiger partial charge < -0.3 is 19.4 Å². The number of methoxy groups -OCH3 is 1. The van der Waals surface area contributed by atoms with Crippen LogP contribution in [0.5, 0.6) is 0 Å². The molecule has 1 N–H and O–H groups in total. The van der Waals surface area contributed by atoms with E-state index in [1.165, 1.54) is 26.2 Å². The standard InChI is InChI=1S/C25H25F2N5O3/c1-14(33)30-23-9-18-19(12-32(21(18)11-29-23)17-5-15(6-17)10-28)20-7-16(24(26)27)8-22(31-20)25(34-2)3-4-35-13-25/h7-9,11-12,15,17,24H,3-6,13H2,1-2H3,(H,29,30,33). The monoisotopic (exact) mass is 481 g/mol. The molecule has 3 aromatic rings. The van der Waals surface area contributed by atoms with Crippen molar-refractivity contribution in [2.24, 2.45) is 5.92 Å². The second kappa shape index (κ2) is 8.98. The molecule has 4 heterocycles. The van der Waals surface area contributed by atoms with Crippen LogP contribution < -0.4 is 5.32 Å². The summed E-state index contributed by atoms with van der Waals surface area (Å²) in [5, 5.41) is 12.6. The molecule has 10 heteroatoms. The summed E-state index contributed by atoms with van der Waals surface area (Å²) in [4.78, 5) is 20.8. The smallest absolute Gasteiger partial charge is 0.263 e. The Morgan fingerprint density at radius 3 is 2.80 bits per heavy atom. The Hall–Kier alpha value is -3.42. The van der Waals surface area contributed by atoms with E-state index >= 15 is 0 Å². The van der Waals surface area contributed by atoms with E-state index in [0.717, 1.165) is 10.9 Å². The van der Waals surface area contributed by atoms with Crippen molar-refractivity contribution in [1.29, 1.82) is 5.26 Å². The van der Waals surface area contributed by atoms with E-state index in [-0.39, 0.29) is 30.0 Å². The lowest BCUT2D eigenvalue weighted by molar-refractivity contribution is -0.114. The molecule has 2 aliphatic rings. The van der Waals surface area contributed by atoms with Crippen molar-refractivity contribution in [2.75, 3.05) is 25.6 Å². The maximum absolute atomic E-state index is 14.0. The number of nitriles is 1. The molecular formula is C25H25F2N5O3. The minimum absolute atomic E-state index is 0.0108. The zero-order valence-corrected chi connectivity index (χ0v) is 19.4. The zero-order chi connectivity index (χ0) is 24.7. The molecule has 3 aromatic heterocycles. The molecule has 1 unspecified atom stereocenters. The number of hydrogen-bond acceptors (Lipinski definition) is 6. The summed E-state index contributed by atoms with van der Waals surface area (Å²) in [6.45, 7) is 2.08. The fourth-order valence-corrected chi connectivity index (χ4v) is 4.89. The summed E-state index contributed by atoms with van der Waals surface area (Å²) in [5.74, 6) is 0.0794. The summed E-state index contributed by atoms with van der Waals surface area (Å²) in [6, 6.07) is 6.89. The van der Waals surface area contributed by atoms with Gasteiger partial charge in [-0.3, -0.25) is 4.79 Å². The third kappa shape index (κ3) is 4.15. The topological polar surface area (TPSA) is 102 Å². The number of aromatic nitrogens is 3. The van der Waals surface area contributed by atoms with Gasteiger partial charge in [0.05, 0.1) is 41.7 Å². The number of carbonyl (C=O) groups is 1. The van der Waals surface area contributed by atoms with Gasteiger partial charge in [0.15, 0.2) is 0 Å². The predicted molar refractivity (Wildman–Crippen MR) is 124 cm³/mol. The molecule has 0 aromatic carbocycles. The number of rotatable bonds is 6. The van der Waals surface area contributed by atoms with Crippen LogP contribution in [0.2, 0.25) is 0 Å². The van der Waals surface area contributed by atoms with Crippen molar-refractivity contribution < 1.29 is 23.0 Å². The first kappa shape index (κ1) is 23.3. The molecule has 1 saturated heterocycles. The number of nitrogens with one attached hydrogen (secondary N) is 1. The molecule has 8 nitrogen and oxygen atoms in total. The van der Waals surface area contributed by atoms with E-state index in [1.807, 2.05) is 10.8 Å². The highest BCUT2D eigenvalue weighted by molar-refractivity contribution is 5.98. The van der Waals surface area contributed by atoms with Crippen LogP contribution in [0, 0.1) is 17.2 Å². The largest absolute Gasteiger partial charge is 0.378 e. The van der Waals surface area contributed by atoms with Crippen LogP contribution in [0.3, 0.4) is 0 Å². The quantitative estimate of drug-likeness (QED) is 0.546. The Labute approximate surface area is 200 Å². The van der Waals surface area contributed by atoms with Crippen molar-refractivity contribution in [1.82, 2.24) is 14.5 Å². The van der Waals surface area contributed by atoms with Crippen LogP contribution in [-0.2, 0) is 19.9 Å². The minimum atomic E-state index is -2.69. The predicted octanol–water partition coefficient (Wildman–Crippen LogP) is 4.73. The Balaban J connectivity index is 1.69. The maximum Gasteiger partial charge on any atom is 0.263 e. The van der Waals surface area contributed by atoms with E-state index in [0.29, 0.717) is 48.6 Å². The van der Waals surface area contributed by atoms with Gasteiger partial charge in [0.25, 0.3) is 6.43 Å². The second-order valence-electron chi connectivity index (χ2n) is 9.14. The molecule has 0 bridgehead atoms. The molecule has 1 atom stereocenters. The number of anilines is 1. The second-order valence-corrected chi connectivity index (χ2v) is 9.14. The van der Waals surface area contributed by atoms with E-state index in [2.05, 4.69) is 16.4 Å². The summed E-state index contributed by atoms with van der Waals surface area (Å²) in [5.41, 5.74) is 1.15. The van der Waals surface area contributed by atoms with Crippen LogP contribution in [0.4, 0.5) is 14.6 Å². The van der Waals surface area contributed by atoms with Crippen molar-refractivity contribution in [2.45, 2.75) is 44.3 Å². The summed E-state index contributed by atoms with van der Waals surface area (Å²) >= 11 is 0. The lowest BCUT2D eigenvalue weighted by atomic mass is 9.81. The van der Waals surface area contributed by atoms with E-state index in [1.54, 1.807) is 12.3 Å². The number of ether oxygens (including phenoxy) is 2. The highest BCUT2D eigenvalue weighted by atomic mass is 19.3. The number of fused-ring (bicyclic) bond motifs is 1. The van der Waals surface area contributed by atoms with Crippen LogP contribution in [-0.4, -0.2) is 40.8 Å². The Morgan fingerprint density at radius 1 is 1.37 bits per heavy atom. The Bertz CT molecular complexity index is 1320. The molecule has 182 valence electrons. The van der Waals surface area contributed by atoms with Gasteiger partial charge in [-0.05, 0) is 31.0 Å². The number of halogens is 2. The number of amides is 1. The van der Waals surface area contributed by atoms with Crippen molar-refractivity contribution in [3.05, 3.63) is 41.9 Å². The number of pyridine rings is 2. The molecule has 1 amide bonds. The first-order chi connectivity index (χ1) is 16.8. The Morgan fingerprint density at radius 2 is 2.17 bits per heavy atom. The SMILES string of the molecule is COC1(c2cc(C(F)F)cc(-c3cn(C4CC(C#N)C4)c4cnc(NC(C)=O)cc34)n2)CCOC1. The molecule has 5 rings (SSSR count). The van der Waals surface area contributed by atoms with Crippen molar-refractivity contribution in [3.63, 3.8) is 0 Å². The van der Waals surface area contributed by atoms with Gasteiger partial charge in [-0.15, -0.1) is 0 Å². The molecule has 1 saturated carbocycles. The maximum atomic E-state index is 14.0. The highest BCUT2D eigenvalue weighted by Crippen LogP contribution is 2.43. The fraction of sp³-hybridized carbons (Fsp3) is 0.440. The van der Waals surface area contributed by atoms with E-state index in [9.17, 15) is 18.8 Å². The lowest BCUT2D eigenvalue weighted by Gasteiger charge is -2.32. The third-order valence-electron chi connectivity index (χ3n) is 6.93. The van der Waals surface area contributed by atoms with E-state index in [4.69, 9.17) is 14.5 Å². The fourth-order valence-electron chi connectivity index (χ4n) is 4.89. The molecule has 2 fully saturated rings. The number of alkyl halides is 2. The first-order valence-corrected chi connectivity index (χ1v) is 11.4. The van der Waals surface area contributed by atoms with Gasteiger partial charge in [0, 0.05) is 55.8 Å². The first-order valence-electron chi connectivity index (χ1n) is 11.4. The molecule has 1 aliphatic heterocycles. The third-order valence-corrected chi connectivity index (χ3v) is 6.93. The van der Waals surface area contributed by atoms with Gasteiger partial charge in [-0.2, -0.15) is 5.26 Å². The molecule has 0 radical (unpaired) electrons. The molecular weight excluding hydrogens is 456 g/mol.